The fourth-order valence-corrected chi connectivity index (χ4v) is 3.04. The van der Waals surface area contributed by atoms with E-state index in [1.54, 1.807) is 0 Å². The lowest BCUT2D eigenvalue weighted by molar-refractivity contribution is 0.171. The van der Waals surface area contributed by atoms with Crippen LogP contribution in [-0.2, 0) is 0 Å². The second-order valence-corrected chi connectivity index (χ2v) is 6.70. The number of azo groups is 1. The molecule has 0 atom stereocenters. The Morgan fingerprint density at radius 2 is 1.62 bits per heavy atom. The number of rotatable bonds is 5. The molecule has 0 radical (unpaired) electrons. The van der Waals surface area contributed by atoms with Gasteiger partial charge < -0.3 is 9.47 Å². The van der Waals surface area contributed by atoms with E-state index < -0.39 is 0 Å². The standard InChI is InChI=1S/C22H18N8O2/c1-3-7-16(8-4-1)21(24-23-17-11-12-19-20(15-17)32-14-13-31-19)25-26-22-27-28-29-30(22)18-9-5-2-6-10-18/h1-12,15,23H,13-14H2/b24-21+,26-25?. The number of para-hydroxylation sites is 1. The van der Waals surface area contributed by atoms with Gasteiger partial charge in [-0.15, -0.1) is 10.2 Å². The van der Waals surface area contributed by atoms with Crippen LogP contribution in [-0.4, -0.2) is 39.3 Å². The van der Waals surface area contributed by atoms with Crippen LogP contribution in [0, 0.1) is 0 Å². The fourth-order valence-electron chi connectivity index (χ4n) is 3.04. The third-order valence-electron chi connectivity index (χ3n) is 4.55. The molecule has 0 saturated carbocycles. The van der Waals surface area contributed by atoms with E-state index >= 15 is 0 Å². The predicted molar refractivity (Wildman–Crippen MR) is 118 cm³/mol. The Hall–Kier alpha value is -4.60. The number of tetrazole rings is 1. The fraction of sp³-hybridized carbons (Fsp3) is 0.0909. The molecule has 0 saturated heterocycles. The Morgan fingerprint density at radius 1 is 0.875 bits per heavy atom. The van der Waals surface area contributed by atoms with Gasteiger partial charge in [-0.2, -0.15) is 9.78 Å². The van der Waals surface area contributed by atoms with Gasteiger partial charge in [0.15, 0.2) is 11.5 Å². The van der Waals surface area contributed by atoms with Crippen molar-refractivity contribution in [1.82, 2.24) is 20.2 Å². The van der Waals surface area contributed by atoms with Gasteiger partial charge in [0, 0.05) is 11.6 Å². The molecule has 0 spiro atoms. The lowest BCUT2D eigenvalue weighted by Gasteiger charge is -2.18. The topological polar surface area (TPSA) is 111 Å². The zero-order chi connectivity index (χ0) is 21.6. The summed E-state index contributed by atoms with van der Waals surface area (Å²) in [5.74, 6) is 1.98. The number of benzene rings is 3. The summed E-state index contributed by atoms with van der Waals surface area (Å²) in [6.45, 7) is 1.05. The predicted octanol–water partition coefficient (Wildman–Crippen LogP) is 3.99. The summed E-state index contributed by atoms with van der Waals surface area (Å²) in [6, 6.07) is 24.5. The molecule has 3 aromatic carbocycles. The van der Waals surface area contributed by atoms with Gasteiger partial charge in [0.25, 0.3) is 5.95 Å². The van der Waals surface area contributed by atoms with Crippen molar-refractivity contribution in [2.45, 2.75) is 0 Å². The lowest BCUT2D eigenvalue weighted by atomic mass is 10.2. The van der Waals surface area contributed by atoms with Gasteiger partial charge in [0.1, 0.15) is 13.2 Å². The van der Waals surface area contributed by atoms with Crippen LogP contribution in [0.1, 0.15) is 5.56 Å². The first-order chi connectivity index (χ1) is 15.9. The molecule has 0 aliphatic carbocycles. The van der Waals surface area contributed by atoms with Gasteiger partial charge in [0.2, 0.25) is 5.84 Å². The highest BCUT2D eigenvalue weighted by atomic mass is 16.6. The van der Waals surface area contributed by atoms with E-state index in [4.69, 9.17) is 9.47 Å². The Kier molecular flexibility index (Phi) is 5.47. The van der Waals surface area contributed by atoms with Gasteiger partial charge in [-0.3, -0.25) is 5.43 Å². The largest absolute Gasteiger partial charge is 0.486 e. The molecular formula is C22H18N8O2. The van der Waals surface area contributed by atoms with Gasteiger partial charge in [-0.05, 0) is 34.7 Å². The van der Waals surface area contributed by atoms with Gasteiger partial charge in [-0.1, -0.05) is 53.6 Å². The number of nitrogens with zero attached hydrogens (tertiary/aromatic N) is 7. The molecule has 0 bridgehead atoms. The number of anilines is 1. The monoisotopic (exact) mass is 426 g/mol. The SMILES string of the molecule is c1ccc(/C(N=Nc2nnnn2-c2ccccc2)=N\Nc2ccc3c(c2)OCCO3)cc1. The number of hydrazone groups is 1. The van der Waals surface area contributed by atoms with E-state index in [0.717, 1.165) is 16.9 Å². The summed E-state index contributed by atoms with van der Waals surface area (Å²) >= 11 is 0. The maximum atomic E-state index is 5.63. The number of nitrogens with one attached hydrogen (secondary N) is 1. The smallest absolute Gasteiger partial charge is 0.292 e. The Labute approximate surface area is 183 Å². The summed E-state index contributed by atoms with van der Waals surface area (Å²) in [5, 5.41) is 24.7. The maximum Gasteiger partial charge on any atom is 0.292 e. The molecule has 0 amide bonds. The first-order valence-electron chi connectivity index (χ1n) is 9.91. The molecule has 0 unspecified atom stereocenters. The van der Waals surface area contributed by atoms with E-state index in [-0.39, 0.29) is 5.95 Å². The first-order valence-corrected chi connectivity index (χ1v) is 9.91. The molecule has 5 rings (SSSR count). The molecule has 2 heterocycles. The molecule has 158 valence electrons. The van der Waals surface area contributed by atoms with Crippen molar-refractivity contribution in [3.05, 3.63) is 84.4 Å². The van der Waals surface area contributed by atoms with E-state index in [1.165, 1.54) is 4.68 Å². The normalized spacial score (nSPS) is 13.3. The zero-order valence-electron chi connectivity index (χ0n) is 16.9. The van der Waals surface area contributed by atoms with Crippen LogP contribution in [0.3, 0.4) is 0 Å². The Balaban J connectivity index is 1.43. The summed E-state index contributed by atoms with van der Waals surface area (Å²) in [5.41, 5.74) is 5.29. The highest BCUT2D eigenvalue weighted by Crippen LogP contribution is 2.32. The van der Waals surface area contributed by atoms with Crippen LogP contribution in [0.4, 0.5) is 11.6 Å². The molecule has 32 heavy (non-hydrogen) atoms. The van der Waals surface area contributed by atoms with Crippen molar-refractivity contribution in [1.29, 1.82) is 0 Å². The number of aromatic nitrogens is 4. The third kappa shape index (κ3) is 4.29. The van der Waals surface area contributed by atoms with Crippen LogP contribution < -0.4 is 14.9 Å². The van der Waals surface area contributed by atoms with Gasteiger partial charge in [-0.25, -0.2) is 0 Å². The molecular weight excluding hydrogens is 408 g/mol. The number of hydrogen-bond donors (Lipinski definition) is 1. The van der Waals surface area contributed by atoms with Crippen molar-refractivity contribution in [3.63, 3.8) is 0 Å². The van der Waals surface area contributed by atoms with Crippen molar-refractivity contribution >= 4 is 17.5 Å². The average molecular weight is 426 g/mol. The van der Waals surface area contributed by atoms with Crippen LogP contribution in [0.25, 0.3) is 5.69 Å². The molecule has 10 heteroatoms. The Bertz CT molecular complexity index is 1260. The summed E-state index contributed by atoms with van der Waals surface area (Å²) in [4.78, 5) is 0. The van der Waals surface area contributed by atoms with E-state index in [9.17, 15) is 0 Å². The van der Waals surface area contributed by atoms with Crippen LogP contribution >= 0.6 is 0 Å². The van der Waals surface area contributed by atoms with Gasteiger partial charge in [0.05, 0.1) is 11.4 Å². The number of ether oxygens (including phenoxy) is 2. The van der Waals surface area contributed by atoms with Crippen LogP contribution in [0.15, 0.2) is 94.2 Å². The van der Waals surface area contributed by atoms with Crippen molar-refractivity contribution < 1.29 is 9.47 Å². The van der Waals surface area contributed by atoms with Gasteiger partial charge >= 0.3 is 0 Å². The quantitative estimate of drug-likeness (QED) is 0.224. The molecule has 0 fully saturated rings. The minimum absolute atomic E-state index is 0.235. The lowest BCUT2D eigenvalue weighted by Crippen LogP contribution is -2.15. The molecule has 4 aromatic rings. The number of amidine groups is 1. The molecule has 1 aliphatic heterocycles. The summed E-state index contributed by atoms with van der Waals surface area (Å²) in [6.07, 6.45) is 0. The van der Waals surface area contributed by atoms with Crippen molar-refractivity contribution in [2.24, 2.45) is 15.3 Å². The second kappa shape index (κ2) is 9.04. The van der Waals surface area contributed by atoms with Crippen molar-refractivity contribution in [3.8, 4) is 17.2 Å². The van der Waals surface area contributed by atoms with E-state index in [2.05, 4.69) is 36.3 Å². The summed E-state index contributed by atoms with van der Waals surface area (Å²) in [7, 11) is 0. The molecule has 1 aliphatic rings. The molecule has 1 N–H and O–H groups in total. The summed E-state index contributed by atoms with van der Waals surface area (Å²) < 4.78 is 12.7. The second-order valence-electron chi connectivity index (χ2n) is 6.70. The highest BCUT2D eigenvalue weighted by Gasteiger charge is 2.12. The first kappa shape index (κ1) is 19.4. The van der Waals surface area contributed by atoms with Crippen molar-refractivity contribution in [2.75, 3.05) is 18.6 Å². The molecule has 10 nitrogen and oxygen atoms in total. The Morgan fingerprint density at radius 3 is 2.44 bits per heavy atom. The molecule has 1 aromatic heterocycles. The minimum Gasteiger partial charge on any atom is -0.486 e. The number of fused-ring (bicyclic) bond motifs is 1. The minimum atomic E-state index is 0.235. The maximum absolute atomic E-state index is 5.63. The van der Waals surface area contributed by atoms with Crippen LogP contribution in [0.5, 0.6) is 11.5 Å². The van der Waals surface area contributed by atoms with E-state index in [0.29, 0.717) is 30.5 Å². The number of hydrogen-bond acceptors (Lipinski definition) is 8. The van der Waals surface area contributed by atoms with Crippen LogP contribution in [0.2, 0.25) is 0 Å². The van der Waals surface area contributed by atoms with E-state index in [1.807, 2.05) is 78.9 Å². The third-order valence-corrected chi connectivity index (χ3v) is 4.55. The zero-order valence-corrected chi connectivity index (χ0v) is 16.9. The average Bonchev–Trinajstić information content (AvgIpc) is 3.34. The highest BCUT2D eigenvalue weighted by molar-refractivity contribution is 5.99.